The summed E-state index contributed by atoms with van der Waals surface area (Å²) in [6.07, 6.45) is -3.96. The van der Waals surface area contributed by atoms with E-state index >= 15 is 0 Å². The lowest BCUT2D eigenvalue weighted by Crippen LogP contribution is -2.49. The molecule has 1 aliphatic rings. The number of pyridine rings is 1. The molecule has 1 aliphatic heterocycles. The van der Waals surface area contributed by atoms with Crippen LogP contribution in [0.2, 0.25) is 0 Å². The van der Waals surface area contributed by atoms with Crippen molar-refractivity contribution in [2.45, 2.75) is 25.9 Å². The van der Waals surface area contributed by atoms with Gasteiger partial charge in [-0.3, -0.25) is 19.9 Å². The van der Waals surface area contributed by atoms with Crippen LogP contribution in [0.25, 0.3) is 0 Å². The number of rotatable bonds is 9. The maximum atomic E-state index is 13.5. The minimum Gasteiger partial charge on any atom is -0.473 e. The Morgan fingerprint density at radius 1 is 1.20 bits per heavy atom. The molecule has 1 N–H and O–H groups in total. The fourth-order valence-electron chi connectivity index (χ4n) is 3.70. The number of ether oxygens (including phenoxy) is 1. The standard InChI is InChI=1S/C24H30F3N5O3/c1-4-31-16-21(35-20-10-6-5-8-17(20)23(31)34)29-14-22(33)32(13-12-30(2)3)15-19-18(24(25,26)27)9-7-11-28-19/h5-11,21,29H,4,12-16H2,1-3H3. The molecule has 0 spiro atoms. The van der Waals surface area contributed by atoms with Crippen LogP contribution in [0.15, 0.2) is 42.6 Å². The quantitative estimate of drug-likeness (QED) is 0.579. The summed E-state index contributed by atoms with van der Waals surface area (Å²) in [6, 6.07) is 9.06. The Bertz CT molecular complexity index is 1030. The zero-order valence-corrected chi connectivity index (χ0v) is 20.0. The summed E-state index contributed by atoms with van der Waals surface area (Å²) in [5.74, 6) is -0.159. The number of nitrogens with one attached hydrogen (secondary N) is 1. The number of hydrogen-bond acceptors (Lipinski definition) is 6. The first-order chi connectivity index (χ1) is 16.6. The molecule has 2 aromatic rings. The smallest absolute Gasteiger partial charge is 0.418 e. The summed E-state index contributed by atoms with van der Waals surface area (Å²) >= 11 is 0. The monoisotopic (exact) mass is 493 g/mol. The van der Waals surface area contributed by atoms with E-state index in [2.05, 4.69) is 10.3 Å². The lowest BCUT2D eigenvalue weighted by atomic mass is 10.1. The van der Waals surface area contributed by atoms with Gasteiger partial charge in [0.2, 0.25) is 5.91 Å². The number of aromatic nitrogens is 1. The van der Waals surface area contributed by atoms with Crippen molar-refractivity contribution in [3.05, 3.63) is 59.4 Å². The number of carbonyl (C=O) groups is 2. The van der Waals surface area contributed by atoms with Gasteiger partial charge in [0.25, 0.3) is 5.91 Å². The SMILES string of the molecule is CCN1CC(NCC(=O)N(CCN(C)C)Cc2ncccc2C(F)(F)F)Oc2ccccc2C1=O. The van der Waals surface area contributed by atoms with E-state index < -0.39 is 23.9 Å². The molecule has 190 valence electrons. The van der Waals surface area contributed by atoms with Crippen LogP contribution in [0.3, 0.4) is 0 Å². The molecule has 1 aromatic heterocycles. The van der Waals surface area contributed by atoms with Gasteiger partial charge in [0, 0.05) is 25.8 Å². The van der Waals surface area contributed by atoms with Crippen molar-refractivity contribution in [2.75, 3.05) is 46.8 Å². The van der Waals surface area contributed by atoms with Crippen LogP contribution in [0.5, 0.6) is 5.75 Å². The molecule has 2 amide bonds. The average Bonchev–Trinajstić information content (AvgIpc) is 2.95. The highest BCUT2D eigenvalue weighted by Crippen LogP contribution is 2.31. The maximum Gasteiger partial charge on any atom is 0.418 e. The van der Waals surface area contributed by atoms with Crippen LogP contribution < -0.4 is 10.1 Å². The van der Waals surface area contributed by atoms with Gasteiger partial charge >= 0.3 is 6.18 Å². The topological polar surface area (TPSA) is 78.0 Å². The molecule has 3 rings (SSSR count). The Labute approximate surface area is 202 Å². The van der Waals surface area contributed by atoms with Crippen molar-refractivity contribution in [3.8, 4) is 5.75 Å². The minimum absolute atomic E-state index is 0.166. The number of nitrogens with zero attached hydrogens (tertiary/aromatic N) is 4. The van der Waals surface area contributed by atoms with E-state index in [1.165, 1.54) is 17.2 Å². The van der Waals surface area contributed by atoms with E-state index in [0.717, 1.165) is 6.07 Å². The summed E-state index contributed by atoms with van der Waals surface area (Å²) in [5.41, 5.74) is -0.640. The van der Waals surface area contributed by atoms with E-state index in [0.29, 0.717) is 24.4 Å². The van der Waals surface area contributed by atoms with Crippen LogP contribution in [0, 0.1) is 0 Å². The first-order valence-electron chi connectivity index (χ1n) is 11.3. The number of fused-ring (bicyclic) bond motifs is 1. The molecule has 2 heterocycles. The number of carbonyl (C=O) groups excluding carboxylic acids is 2. The molecular formula is C24H30F3N5O3. The van der Waals surface area contributed by atoms with E-state index in [4.69, 9.17) is 4.74 Å². The minimum atomic E-state index is -4.57. The third-order valence-electron chi connectivity index (χ3n) is 5.63. The lowest BCUT2D eigenvalue weighted by Gasteiger charge is -2.27. The molecule has 0 radical (unpaired) electrons. The van der Waals surface area contributed by atoms with E-state index in [1.807, 2.05) is 25.9 Å². The van der Waals surface area contributed by atoms with Crippen LogP contribution in [0.4, 0.5) is 13.2 Å². The summed E-state index contributed by atoms with van der Waals surface area (Å²) in [4.78, 5) is 34.6. The van der Waals surface area contributed by atoms with Gasteiger partial charge in [-0.15, -0.1) is 0 Å². The van der Waals surface area contributed by atoms with Crippen LogP contribution >= 0.6 is 0 Å². The second-order valence-electron chi connectivity index (χ2n) is 8.44. The molecule has 1 aromatic carbocycles. The molecular weight excluding hydrogens is 463 g/mol. The lowest BCUT2D eigenvalue weighted by molar-refractivity contribution is -0.140. The zero-order valence-electron chi connectivity index (χ0n) is 20.0. The highest BCUT2D eigenvalue weighted by Gasteiger charge is 2.35. The van der Waals surface area contributed by atoms with E-state index in [1.54, 1.807) is 29.2 Å². The summed E-state index contributed by atoms with van der Waals surface area (Å²) in [5, 5.41) is 3.02. The fourth-order valence-corrected chi connectivity index (χ4v) is 3.70. The van der Waals surface area contributed by atoms with E-state index in [9.17, 15) is 22.8 Å². The van der Waals surface area contributed by atoms with E-state index in [-0.39, 0.29) is 37.8 Å². The molecule has 0 bridgehead atoms. The van der Waals surface area contributed by atoms with Gasteiger partial charge in [-0.25, -0.2) is 0 Å². The van der Waals surface area contributed by atoms with Crippen molar-refractivity contribution in [2.24, 2.45) is 0 Å². The van der Waals surface area contributed by atoms with Gasteiger partial charge in [-0.1, -0.05) is 12.1 Å². The van der Waals surface area contributed by atoms with Gasteiger partial charge in [0.05, 0.1) is 36.5 Å². The second kappa shape index (κ2) is 11.5. The molecule has 0 fully saturated rings. The number of halogens is 3. The predicted molar refractivity (Wildman–Crippen MR) is 124 cm³/mol. The predicted octanol–water partition coefficient (Wildman–Crippen LogP) is 2.46. The van der Waals surface area contributed by atoms with Crippen LogP contribution in [-0.4, -0.2) is 84.5 Å². The Balaban J connectivity index is 1.74. The Morgan fingerprint density at radius 2 is 1.94 bits per heavy atom. The fraction of sp³-hybridized carbons (Fsp3) is 0.458. The highest BCUT2D eigenvalue weighted by molar-refractivity contribution is 5.97. The number of likely N-dealkylation sites (N-methyl/N-ethyl adjacent to an activating group) is 2. The maximum absolute atomic E-state index is 13.5. The first kappa shape index (κ1) is 26.4. The highest BCUT2D eigenvalue weighted by atomic mass is 19.4. The summed E-state index contributed by atoms with van der Waals surface area (Å²) in [7, 11) is 3.63. The van der Waals surface area contributed by atoms with Crippen molar-refractivity contribution >= 4 is 11.8 Å². The average molecular weight is 494 g/mol. The second-order valence-corrected chi connectivity index (χ2v) is 8.44. The summed E-state index contributed by atoms with van der Waals surface area (Å²) < 4.78 is 46.3. The molecule has 11 heteroatoms. The van der Waals surface area contributed by atoms with Crippen molar-refractivity contribution < 1.29 is 27.5 Å². The zero-order chi connectivity index (χ0) is 25.6. The Kier molecular flexibility index (Phi) is 8.68. The number of alkyl halides is 3. The largest absolute Gasteiger partial charge is 0.473 e. The van der Waals surface area contributed by atoms with Gasteiger partial charge in [0.15, 0.2) is 6.23 Å². The molecule has 0 saturated carbocycles. The molecule has 1 unspecified atom stereocenters. The third kappa shape index (κ3) is 6.92. The molecule has 0 aliphatic carbocycles. The summed E-state index contributed by atoms with van der Waals surface area (Å²) in [6.45, 7) is 2.74. The molecule has 35 heavy (non-hydrogen) atoms. The van der Waals surface area contributed by atoms with Crippen LogP contribution in [0.1, 0.15) is 28.5 Å². The van der Waals surface area contributed by atoms with Crippen molar-refractivity contribution in [3.63, 3.8) is 0 Å². The molecule has 1 atom stereocenters. The van der Waals surface area contributed by atoms with Crippen molar-refractivity contribution in [1.29, 1.82) is 0 Å². The van der Waals surface area contributed by atoms with Gasteiger partial charge in [0.1, 0.15) is 5.75 Å². The van der Waals surface area contributed by atoms with Gasteiger partial charge in [-0.2, -0.15) is 13.2 Å². The van der Waals surface area contributed by atoms with Crippen molar-refractivity contribution in [1.82, 2.24) is 25.0 Å². The number of para-hydroxylation sites is 1. The molecule has 8 nitrogen and oxygen atoms in total. The number of amides is 2. The normalized spacial score (nSPS) is 16.0. The Morgan fingerprint density at radius 3 is 2.63 bits per heavy atom. The van der Waals surface area contributed by atoms with Gasteiger partial charge in [-0.05, 0) is 45.3 Å². The number of hydrogen-bond donors (Lipinski definition) is 1. The molecule has 0 saturated heterocycles. The number of benzene rings is 1. The first-order valence-corrected chi connectivity index (χ1v) is 11.3. The van der Waals surface area contributed by atoms with Gasteiger partial charge < -0.3 is 19.4 Å². The Hall–Kier alpha value is -3.18. The van der Waals surface area contributed by atoms with Crippen LogP contribution in [-0.2, 0) is 17.5 Å². The third-order valence-corrected chi connectivity index (χ3v) is 5.63.